The van der Waals surface area contributed by atoms with E-state index in [9.17, 15) is 18.9 Å². The van der Waals surface area contributed by atoms with Crippen LogP contribution in [-0.2, 0) is 28.8 Å². The first-order valence-electron chi connectivity index (χ1n) is 17.8. The fourth-order valence-electron chi connectivity index (χ4n) is 7.98. The maximum atomic E-state index is 14.4. The number of nitrogens with one attached hydrogen (secondary N) is 1. The Balaban J connectivity index is 1.37. The van der Waals surface area contributed by atoms with Crippen LogP contribution in [0.15, 0.2) is 72.3 Å². The van der Waals surface area contributed by atoms with Gasteiger partial charge in [-0.2, -0.15) is 0 Å². The van der Waals surface area contributed by atoms with Gasteiger partial charge >= 0.3 is 0 Å². The molecular weight excluding hydrogens is 702 g/mol. The largest absolute Gasteiger partial charge is 0.490 e. The molecule has 1 aliphatic heterocycles. The summed E-state index contributed by atoms with van der Waals surface area (Å²) in [5, 5.41) is 15.7. The van der Waals surface area contributed by atoms with Crippen molar-refractivity contribution in [1.82, 2.24) is 14.5 Å². The highest BCUT2D eigenvalue weighted by molar-refractivity contribution is 7.92. The fraction of sp³-hybridized carbons (Fsp3) is 0.462. The molecule has 0 saturated heterocycles. The number of carbonyl (C=O) groups excluding carboxylic acids is 2. The molecule has 2 amide bonds. The van der Waals surface area contributed by atoms with Crippen LogP contribution in [0.25, 0.3) is 0 Å². The number of aromatic nitrogens is 2. The molecule has 3 aromatic rings. The van der Waals surface area contributed by atoms with Crippen molar-refractivity contribution in [2.45, 2.75) is 57.0 Å². The van der Waals surface area contributed by atoms with Crippen molar-refractivity contribution >= 4 is 27.4 Å². The number of fused-ring (bicyclic) bond motifs is 3. The van der Waals surface area contributed by atoms with Gasteiger partial charge in [-0.15, -0.1) is 22.6 Å². The summed E-state index contributed by atoms with van der Waals surface area (Å²) in [4.78, 5) is 29.7. The number of aliphatic hydroxyl groups excluding tert-OH is 1. The summed E-state index contributed by atoms with van der Waals surface area (Å²) < 4.78 is 34.5. The number of aryl methyl sites for hydroxylation is 2. The Bertz CT molecular complexity index is 1990. The predicted octanol–water partition coefficient (Wildman–Crippen LogP) is 5.34. The molecule has 2 aliphatic carbocycles. The lowest BCUT2D eigenvalue weighted by Crippen LogP contribution is -2.49. The van der Waals surface area contributed by atoms with Gasteiger partial charge in [-0.25, -0.2) is 4.21 Å². The zero-order valence-electron chi connectivity index (χ0n) is 30.1. The monoisotopic (exact) mass is 750 g/mol. The third-order valence-corrected chi connectivity index (χ3v) is 12.9. The number of carbonyl (C=O) groups is 2. The lowest BCUT2D eigenvalue weighted by molar-refractivity contribution is -0.289. The average molecular weight is 751 g/mol. The van der Waals surface area contributed by atoms with Gasteiger partial charge in [0.1, 0.15) is 21.2 Å². The first-order chi connectivity index (χ1) is 24.9. The Labute approximate surface area is 311 Å². The zero-order valence-corrected chi connectivity index (χ0v) is 31.7. The predicted molar refractivity (Wildman–Crippen MR) is 199 cm³/mol. The molecule has 1 saturated carbocycles. The zero-order chi connectivity index (χ0) is 37.2. The topological polar surface area (TPSA) is 135 Å². The van der Waals surface area contributed by atoms with Gasteiger partial charge in [0.05, 0.1) is 31.3 Å². The van der Waals surface area contributed by atoms with Crippen molar-refractivity contribution in [3.8, 4) is 11.6 Å². The molecule has 3 aliphatic rings. The molecule has 11 nitrogen and oxygen atoms in total. The molecule has 13 heteroatoms. The second kappa shape index (κ2) is 15.5. The number of methoxy groups -OCH3 is 1. The van der Waals surface area contributed by atoms with E-state index in [1.54, 1.807) is 37.4 Å². The molecule has 2 heterocycles. The first-order valence-corrected chi connectivity index (χ1v) is 19.9. The van der Waals surface area contributed by atoms with Crippen molar-refractivity contribution < 1.29 is 40.0 Å². The van der Waals surface area contributed by atoms with E-state index >= 15 is 0 Å². The molecule has 6 atom stereocenters. The summed E-state index contributed by atoms with van der Waals surface area (Å²) in [5.74, 6) is -0.691. The van der Waals surface area contributed by atoms with E-state index in [1.165, 1.54) is 29.1 Å². The normalized spacial score (nSPS) is 23.0. The van der Waals surface area contributed by atoms with E-state index in [1.807, 2.05) is 13.0 Å². The molecule has 1 spiro atoms. The average Bonchev–Trinajstić information content (AvgIpc) is 3.41. The number of allylic oxidation sites excluding steroid dienone is 1. The number of hydrogen-bond donors (Lipinski definition) is 2. The van der Waals surface area contributed by atoms with Crippen LogP contribution < -0.4 is 19.1 Å². The van der Waals surface area contributed by atoms with Gasteiger partial charge in [0.2, 0.25) is 10.9 Å². The smallest absolute Gasteiger partial charge is 0.286 e. The van der Waals surface area contributed by atoms with E-state index in [2.05, 4.69) is 44.4 Å². The SMILES string of the molecule is C=CC[C@H](C)CS(=O)(=NC(=O)c1ccc2c(c1)N(C[C@@H]1CC[C@H]1[C@@H](O)C=C)C[C@@]1(CCCc3cc([ClH+])ccc31)CO2)NC(=O)c1cn(C)nc1OC. The number of anilines is 1. The van der Waals surface area contributed by atoms with Crippen LogP contribution in [0.5, 0.6) is 11.6 Å². The van der Waals surface area contributed by atoms with E-state index in [0.717, 1.165) is 42.8 Å². The number of nitrogens with zero attached hydrogens (tertiary/aromatic N) is 4. The minimum absolute atomic E-state index is 0.0651. The maximum Gasteiger partial charge on any atom is 0.286 e. The summed E-state index contributed by atoms with van der Waals surface area (Å²) in [6.07, 6.45) is 9.45. The van der Waals surface area contributed by atoms with E-state index in [0.29, 0.717) is 31.9 Å². The molecule has 2 N–H and O–H groups in total. The summed E-state index contributed by atoms with van der Waals surface area (Å²) >= 11 is 5.52. The Morgan fingerprint density at radius 3 is 2.79 bits per heavy atom. The Morgan fingerprint density at radius 2 is 2.08 bits per heavy atom. The quantitative estimate of drug-likeness (QED) is 0.237. The molecule has 1 aromatic heterocycles. The van der Waals surface area contributed by atoms with Crippen molar-refractivity contribution in [1.29, 1.82) is 0 Å². The van der Waals surface area contributed by atoms with E-state index < -0.39 is 27.8 Å². The first kappa shape index (κ1) is 37.6. The van der Waals surface area contributed by atoms with Crippen molar-refractivity contribution in [3.05, 3.63) is 95.2 Å². The second-order valence-electron chi connectivity index (χ2n) is 14.5. The van der Waals surface area contributed by atoms with E-state index in [4.69, 9.17) is 21.1 Å². The molecule has 1 unspecified atom stereocenters. The van der Waals surface area contributed by atoms with E-state index in [-0.39, 0.29) is 45.9 Å². The Hall–Kier alpha value is -4.13. The van der Waals surface area contributed by atoms with Crippen LogP contribution in [-0.4, -0.2) is 69.6 Å². The molecule has 6 rings (SSSR count). The maximum absolute atomic E-state index is 14.4. The molecular formula is C39H49ClN5O6S+. The standard InChI is InChI=1S/C39H48ClN5O6S/c1-6-9-25(3)22-52(49,43-37(48)31-21-44(4)41-38(31)50-5)42-36(47)27-12-16-35-33(19-27)45(20-28-11-14-30(28)34(46)7-2)23-39(24-51-35)17-8-10-26-18-29(40)13-15-32(26)39/h6-7,12-13,15-16,18-19,21,25,28,30,34,40,46H,1-2,8-11,14,17,20,22-24H2,3-5H3/p+1/t25-,28-,30+,34-,39-,52?/m0/s1. The van der Waals surface area contributed by atoms with Gasteiger partial charge in [0.25, 0.3) is 11.8 Å². The lowest BCUT2D eigenvalue weighted by atomic mass is 9.68. The highest BCUT2D eigenvalue weighted by atomic mass is 35.5. The molecule has 2 aromatic carbocycles. The van der Waals surface area contributed by atoms with Crippen LogP contribution in [0, 0.1) is 29.4 Å². The molecule has 0 radical (unpaired) electrons. The van der Waals surface area contributed by atoms with Crippen LogP contribution >= 0.6 is 0 Å². The third kappa shape index (κ3) is 7.79. The lowest BCUT2D eigenvalue weighted by Gasteiger charge is -2.45. The Kier molecular flexibility index (Phi) is 11.2. The highest BCUT2D eigenvalue weighted by Crippen LogP contribution is 2.46. The van der Waals surface area contributed by atoms with Gasteiger partial charge in [-0.3, -0.25) is 19.0 Å². The number of halogens is 1. The van der Waals surface area contributed by atoms with Crippen LogP contribution in [0.1, 0.15) is 70.9 Å². The summed E-state index contributed by atoms with van der Waals surface area (Å²) in [6, 6.07) is 11.4. The van der Waals surface area contributed by atoms with Gasteiger partial charge in [0, 0.05) is 49.4 Å². The number of benzene rings is 2. The molecule has 0 bridgehead atoms. The summed E-state index contributed by atoms with van der Waals surface area (Å²) in [5.41, 5.74) is 3.21. The summed E-state index contributed by atoms with van der Waals surface area (Å²) in [6.45, 7) is 11.2. The minimum Gasteiger partial charge on any atom is -0.490 e. The van der Waals surface area contributed by atoms with Crippen LogP contribution in [0.3, 0.4) is 0 Å². The minimum atomic E-state index is -3.61. The molecule has 278 valence electrons. The number of aliphatic hydroxyl groups is 1. The summed E-state index contributed by atoms with van der Waals surface area (Å²) in [7, 11) is -0.583. The number of ether oxygens (including phenoxy) is 2. The second-order valence-corrected chi connectivity index (χ2v) is 17.0. The van der Waals surface area contributed by atoms with Crippen molar-refractivity contribution in [3.63, 3.8) is 0 Å². The van der Waals surface area contributed by atoms with Crippen LogP contribution in [0.4, 0.5) is 5.69 Å². The van der Waals surface area contributed by atoms with Crippen molar-refractivity contribution in [2.75, 3.05) is 37.5 Å². The Morgan fingerprint density at radius 1 is 1.27 bits per heavy atom. The highest BCUT2D eigenvalue weighted by Gasteiger charge is 2.44. The molecule has 1 fully saturated rings. The van der Waals surface area contributed by atoms with Gasteiger partial charge in [-0.05, 0) is 85.6 Å². The fourth-order valence-corrected chi connectivity index (χ4v) is 10.1. The molecule has 52 heavy (non-hydrogen) atoms. The van der Waals surface area contributed by atoms with Gasteiger partial charge in [-0.1, -0.05) is 25.1 Å². The van der Waals surface area contributed by atoms with Crippen LogP contribution in [0.2, 0.25) is 5.02 Å². The number of amides is 2. The van der Waals surface area contributed by atoms with Crippen molar-refractivity contribution in [2.24, 2.45) is 29.2 Å². The number of hydrogen-bond acceptors (Lipinski definition) is 8. The van der Waals surface area contributed by atoms with Gasteiger partial charge < -0.3 is 19.5 Å². The van der Waals surface area contributed by atoms with Gasteiger partial charge in [0.15, 0.2) is 11.6 Å². The number of rotatable bonds is 12. The third-order valence-electron chi connectivity index (χ3n) is 10.7.